The number of hydrogen-bond donors (Lipinski definition) is 0. The standard InChI is InChI=1S/C12H12ClN3O3/c13-15-6-2-3-9(15)8-19-12-5-1-4-11(16(17)18)10(12)7-14/h1,4-5,9H,2-3,6,8H2/t9-/m1/s1. The van der Waals surface area contributed by atoms with Crippen molar-refractivity contribution in [1.82, 2.24) is 4.42 Å². The number of nitro benzene ring substituents is 1. The molecular weight excluding hydrogens is 270 g/mol. The molecule has 1 fully saturated rings. The fraction of sp³-hybridized carbons (Fsp3) is 0.417. The monoisotopic (exact) mass is 281 g/mol. The molecular formula is C12H12ClN3O3. The molecule has 1 aromatic carbocycles. The van der Waals surface area contributed by atoms with E-state index in [1.54, 1.807) is 10.5 Å². The lowest BCUT2D eigenvalue weighted by molar-refractivity contribution is -0.385. The molecule has 1 heterocycles. The SMILES string of the molecule is N#Cc1c(OC[C@H]2CCCN2Cl)cccc1[N+](=O)[O-]. The van der Waals surface area contributed by atoms with Crippen molar-refractivity contribution in [1.29, 1.82) is 5.26 Å². The maximum absolute atomic E-state index is 10.8. The van der Waals surface area contributed by atoms with E-state index in [0.717, 1.165) is 19.4 Å². The van der Waals surface area contributed by atoms with Crippen LogP contribution in [-0.2, 0) is 0 Å². The molecule has 1 atom stereocenters. The number of nitrogens with zero attached hydrogens (tertiary/aromatic N) is 3. The fourth-order valence-electron chi connectivity index (χ4n) is 2.06. The van der Waals surface area contributed by atoms with Crippen LogP contribution in [0, 0.1) is 21.4 Å². The molecule has 0 aliphatic carbocycles. The second-order valence-electron chi connectivity index (χ2n) is 4.25. The minimum absolute atomic E-state index is 0.0494. The van der Waals surface area contributed by atoms with Gasteiger partial charge in [0, 0.05) is 12.6 Å². The van der Waals surface area contributed by atoms with Crippen LogP contribution in [0.1, 0.15) is 18.4 Å². The van der Waals surface area contributed by atoms with Crippen molar-refractivity contribution in [2.24, 2.45) is 0 Å². The third-order valence-corrected chi connectivity index (χ3v) is 3.49. The number of hydrogen-bond acceptors (Lipinski definition) is 5. The number of benzene rings is 1. The molecule has 19 heavy (non-hydrogen) atoms. The maximum atomic E-state index is 10.8. The Morgan fingerprint density at radius 1 is 1.63 bits per heavy atom. The van der Waals surface area contributed by atoms with E-state index < -0.39 is 4.92 Å². The Morgan fingerprint density at radius 2 is 2.42 bits per heavy atom. The summed E-state index contributed by atoms with van der Waals surface area (Å²) in [6, 6.07) is 6.24. The second kappa shape index (κ2) is 5.87. The Morgan fingerprint density at radius 3 is 3.00 bits per heavy atom. The van der Waals surface area contributed by atoms with Crippen LogP contribution in [-0.4, -0.2) is 28.5 Å². The molecule has 1 aliphatic rings. The summed E-state index contributed by atoms with van der Waals surface area (Å²) in [7, 11) is 0. The minimum atomic E-state index is -0.588. The topological polar surface area (TPSA) is 79.4 Å². The van der Waals surface area contributed by atoms with Gasteiger partial charge in [0.25, 0.3) is 5.69 Å². The summed E-state index contributed by atoms with van der Waals surface area (Å²) in [6.45, 7) is 1.12. The zero-order valence-corrected chi connectivity index (χ0v) is 10.8. The van der Waals surface area contributed by atoms with E-state index in [1.165, 1.54) is 12.1 Å². The highest BCUT2D eigenvalue weighted by Crippen LogP contribution is 2.28. The lowest BCUT2D eigenvalue weighted by Crippen LogP contribution is -2.26. The van der Waals surface area contributed by atoms with Gasteiger partial charge >= 0.3 is 0 Å². The normalized spacial score (nSPS) is 19.1. The number of halogens is 1. The average molecular weight is 282 g/mol. The molecule has 2 rings (SSSR count). The largest absolute Gasteiger partial charge is 0.490 e. The van der Waals surface area contributed by atoms with Gasteiger partial charge in [-0.1, -0.05) is 6.07 Å². The predicted molar refractivity (Wildman–Crippen MR) is 68.9 cm³/mol. The number of rotatable bonds is 4. The Hall–Kier alpha value is -1.84. The Labute approximate surface area is 115 Å². The summed E-state index contributed by atoms with van der Waals surface area (Å²) < 4.78 is 7.19. The van der Waals surface area contributed by atoms with Gasteiger partial charge in [-0.05, 0) is 30.7 Å². The lowest BCUT2D eigenvalue weighted by atomic mass is 10.1. The van der Waals surface area contributed by atoms with Crippen molar-refractivity contribution in [2.75, 3.05) is 13.2 Å². The van der Waals surface area contributed by atoms with Gasteiger partial charge in [0.15, 0.2) is 5.56 Å². The number of nitro groups is 1. The van der Waals surface area contributed by atoms with E-state index in [2.05, 4.69) is 0 Å². The smallest absolute Gasteiger partial charge is 0.290 e. The van der Waals surface area contributed by atoms with Crippen LogP contribution in [0.25, 0.3) is 0 Å². The van der Waals surface area contributed by atoms with Crippen molar-refractivity contribution in [2.45, 2.75) is 18.9 Å². The Bertz CT molecular complexity index is 529. The highest BCUT2D eigenvalue weighted by atomic mass is 35.5. The zero-order valence-electron chi connectivity index (χ0n) is 10.1. The van der Waals surface area contributed by atoms with Crippen molar-refractivity contribution in [3.8, 4) is 11.8 Å². The van der Waals surface area contributed by atoms with Gasteiger partial charge in [-0.3, -0.25) is 10.1 Å². The van der Waals surface area contributed by atoms with E-state index in [1.807, 2.05) is 6.07 Å². The number of ether oxygens (including phenoxy) is 1. The predicted octanol–water partition coefficient (Wildman–Crippen LogP) is 2.46. The van der Waals surface area contributed by atoms with Crippen molar-refractivity contribution in [3.63, 3.8) is 0 Å². The molecule has 1 aromatic rings. The van der Waals surface area contributed by atoms with Crippen LogP contribution < -0.4 is 4.74 Å². The van der Waals surface area contributed by atoms with Crippen LogP contribution in [0.2, 0.25) is 0 Å². The van der Waals surface area contributed by atoms with Gasteiger partial charge in [-0.25, -0.2) is 4.42 Å². The quantitative estimate of drug-likeness (QED) is 0.481. The van der Waals surface area contributed by atoms with E-state index >= 15 is 0 Å². The molecule has 0 N–H and O–H groups in total. The Kier molecular flexibility index (Phi) is 4.20. The number of nitriles is 1. The molecule has 0 amide bonds. The molecule has 7 heteroatoms. The lowest BCUT2D eigenvalue weighted by Gasteiger charge is -2.17. The second-order valence-corrected chi connectivity index (χ2v) is 4.68. The third-order valence-electron chi connectivity index (χ3n) is 3.05. The van der Waals surface area contributed by atoms with Crippen molar-refractivity contribution in [3.05, 3.63) is 33.9 Å². The van der Waals surface area contributed by atoms with Crippen LogP contribution in [0.4, 0.5) is 5.69 Å². The Balaban J connectivity index is 2.14. The average Bonchev–Trinajstić information content (AvgIpc) is 2.81. The van der Waals surface area contributed by atoms with Gasteiger partial charge < -0.3 is 4.74 Å². The summed E-state index contributed by atoms with van der Waals surface area (Å²) in [6.07, 6.45) is 1.91. The first-order valence-electron chi connectivity index (χ1n) is 5.86. The first kappa shape index (κ1) is 13.6. The van der Waals surface area contributed by atoms with E-state index in [9.17, 15) is 10.1 Å². The van der Waals surface area contributed by atoms with Crippen LogP contribution in [0.15, 0.2) is 18.2 Å². The van der Waals surface area contributed by atoms with E-state index in [0.29, 0.717) is 6.61 Å². The molecule has 0 saturated carbocycles. The van der Waals surface area contributed by atoms with Gasteiger partial charge in [0.2, 0.25) is 0 Å². The summed E-state index contributed by atoms with van der Waals surface area (Å²) in [5.74, 6) is 0.230. The summed E-state index contributed by atoms with van der Waals surface area (Å²) in [4.78, 5) is 10.2. The minimum Gasteiger partial charge on any atom is -0.490 e. The highest BCUT2D eigenvalue weighted by Gasteiger charge is 2.25. The summed E-state index contributed by atoms with van der Waals surface area (Å²) >= 11 is 5.98. The van der Waals surface area contributed by atoms with Crippen LogP contribution >= 0.6 is 11.8 Å². The molecule has 0 unspecified atom stereocenters. The van der Waals surface area contributed by atoms with Crippen molar-refractivity contribution < 1.29 is 9.66 Å². The maximum Gasteiger partial charge on any atom is 0.290 e. The highest BCUT2D eigenvalue weighted by molar-refractivity contribution is 6.13. The van der Waals surface area contributed by atoms with Crippen LogP contribution in [0.3, 0.4) is 0 Å². The van der Waals surface area contributed by atoms with Crippen molar-refractivity contribution >= 4 is 17.5 Å². The fourth-order valence-corrected chi connectivity index (χ4v) is 2.33. The molecule has 6 nitrogen and oxygen atoms in total. The molecule has 0 bridgehead atoms. The molecule has 0 radical (unpaired) electrons. The van der Waals surface area contributed by atoms with Crippen LogP contribution in [0.5, 0.6) is 5.75 Å². The molecule has 0 aromatic heterocycles. The summed E-state index contributed by atoms with van der Waals surface area (Å²) in [5.41, 5.74) is -0.291. The van der Waals surface area contributed by atoms with E-state index in [-0.39, 0.29) is 23.0 Å². The van der Waals surface area contributed by atoms with Gasteiger partial charge in [0.05, 0.1) is 11.0 Å². The molecule has 1 aliphatic heterocycles. The van der Waals surface area contributed by atoms with E-state index in [4.69, 9.17) is 21.8 Å². The first-order chi connectivity index (χ1) is 9.13. The van der Waals surface area contributed by atoms with Gasteiger partial charge in [-0.2, -0.15) is 5.26 Å². The summed E-state index contributed by atoms with van der Waals surface area (Å²) in [5, 5.41) is 19.8. The zero-order chi connectivity index (χ0) is 13.8. The molecule has 0 spiro atoms. The van der Waals surface area contributed by atoms with Gasteiger partial charge in [0.1, 0.15) is 18.4 Å². The molecule has 1 saturated heterocycles. The first-order valence-corrected chi connectivity index (χ1v) is 6.20. The molecule has 100 valence electrons. The van der Waals surface area contributed by atoms with Gasteiger partial charge in [-0.15, -0.1) is 0 Å². The third kappa shape index (κ3) is 2.95.